The van der Waals surface area contributed by atoms with E-state index in [-0.39, 0.29) is 24.0 Å². The standard InChI is InChI=1S/C24H26N8O3/c1-2-3-8-21-26-13-20(31(21)14-16-9-11-17(12-10-16)23(34)35)22(33)32(24-27-29-30-28-24)15-18-6-4-5-7-19(18)25/h4-7,9-13H,2-3,8,14-15,25H2,1H3,(H,34,35)(H,27,28,29,30). The zero-order chi connectivity index (χ0) is 24.8. The number of hydrogen-bond donors (Lipinski definition) is 3. The molecule has 180 valence electrons. The highest BCUT2D eigenvalue weighted by molar-refractivity contribution is 6.04. The summed E-state index contributed by atoms with van der Waals surface area (Å²) in [5, 5.41) is 23.2. The number of tetrazole rings is 1. The summed E-state index contributed by atoms with van der Waals surface area (Å²) in [5.74, 6) is -0.460. The number of anilines is 2. The molecule has 4 N–H and O–H groups in total. The maximum absolute atomic E-state index is 13.8. The molecule has 1 amide bonds. The van der Waals surface area contributed by atoms with Crippen molar-refractivity contribution in [2.75, 3.05) is 10.6 Å². The average Bonchev–Trinajstić information content (AvgIpc) is 3.53. The van der Waals surface area contributed by atoms with Gasteiger partial charge in [0.1, 0.15) is 11.5 Å². The van der Waals surface area contributed by atoms with Crippen LogP contribution in [-0.2, 0) is 19.5 Å². The number of hydrogen-bond acceptors (Lipinski definition) is 7. The van der Waals surface area contributed by atoms with E-state index in [1.807, 2.05) is 22.8 Å². The molecule has 0 radical (unpaired) electrons. The van der Waals surface area contributed by atoms with Gasteiger partial charge in [0.2, 0.25) is 0 Å². The molecule has 0 atom stereocenters. The monoisotopic (exact) mass is 474 g/mol. The fourth-order valence-corrected chi connectivity index (χ4v) is 3.72. The molecule has 0 fully saturated rings. The number of carbonyl (C=O) groups is 2. The molecule has 0 unspecified atom stereocenters. The van der Waals surface area contributed by atoms with E-state index in [4.69, 9.17) is 5.73 Å². The number of nitrogens with zero attached hydrogens (tertiary/aromatic N) is 6. The predicted octanol–water partition coefficient (Wildman–Crippen LogP) is 2.91. The van der Waals surface area contributed by atoms with Crippen LogP contribution in [0.1, 0.15) is 57.6 Å². The number of imidazole rings is 1. The van der Waals surface area contributed by atoms with Crippen molar-refractivity contribution in [3.63, 3.8) is 0 Å². The number of rotatable bonds is 10. The summed E-state index contributed by atoms with van der Waals surface area (Å²) in [6.07, 6.45) is 4.15. The molecule has 0 spiro atoms. The molecule has 0 aliphatic carbocycles. The molecule has 2 heterocycles. The molecule has 4 rings (SSSR count). The molecule has 0 bridgehead atoms. The van der Waals surface area contributed by atoms with Crippen LogP contribution in [0.2, 0.25) is 0 Å². The van der Waals surface area contributed by atoms with E-state index < -0.39 is 5.97 Å². The lowest BCUT2D eigenvalue weighted by Crippen LogP contribution is -2.33. The molecule has 0 aliphatic heterocycles. The van der Waals surface area contributed by atoms with Crippen molar-refractivity contribution in [1.29, 1.82) is 0 Å². The highest BCUT2D eigenvalue weighted by atomic mass is 16.4. The summed E-state index contributed by atoms with van der Waals surface area (Å²) in [4.78, 5) is 31.0. The van der Waals surface area contributed by atoms with Crippen molar-refractivity contribution in [3.05, 3.63) is 82.9 Å². The number of aromatic nitrogens is 6. The van der Waals surface area contributed by atoms with Gasteiger partial charge in [-0.05, 0) is 41.0 Å². The number of nitrogens with two attached hydrogens (primary N) is 1. The summed E-state index contributed by atoms with van der Waals surface area (Å²) < 4.78 is 1.86. The lowest BCUT2D eigenvalue weighted by molar-refractivity contribution is 0.0696. The Hall–Kier alpha value is -4.54. The first-order valence-electron chi connectivity index (χ1n) is 11.2. The number of carboxylic acid groups (broad SMARTS) is 1. The molecular weight excluding hydrogens is 448 g/mol. The summed E-state index contributed by atoms with van der Waals surface area (Å²) >= 11 is 0. The van der Waals surface area contributed by atoms with Crippen molar-refractivity contribution < 1.29 is 14.7 Å². The van der Waals surface area contributed by atoms with Gasteiger partial charge in [0.05, 0.1) is 18.3 Å². The maximum atomic E-state index is 13.8. The average molecular weight is 475 g/mol. The van der Waals surface area contributed by atoms with Crippen molar-refractivity contribution >= 4 is 23.5 Å². The number of carboxylic acids is 1. The van der Waals surface area contributed by atoms with Gasteiger partial charge in [0, 0.05) is 18.7 Å². The number of aromatic carboxylic acids is 1. The maximum Gasteiger partial charge on any atom is 0.335 e. The summed E-state index contributed by atoms with van der Waals surface area (Å²) in [7, 11) is 0. The lowest BCUT2D eigenvalue weighted by atomic mass is 10.1. The number of amides is 1. The summed E-state index contributed by atoms with van der Waals surface area (Å²) in [6, 6.07) is 13.8. The molecule has 4 aromatic rings. The third kappa shape index (κ3) is 5.35. The summed E-state index contributed by atoms with van der Waals surface area (Å²) in [6.45, 7) is 2.59. The quantitative estimate of drug-likeness (QED) is 0.296. The number of unbranched alkanes of at least 4 members (excludes halogenated alkanes) is 1. The number of H-pyrrole nitrogens is 1. The van der Waals surface area contributed by atoms with Gasteiger partial charge in [-0.25, -0.2) is 9.78 Å². The van der Waals surface area contributed by atoms with Gasteiger partial charge in [0.25, 0.3) is 11.9 Å². The van der Waals surface area contributed by atoms with Crippen LogP contribution in [0, 0.1) is 0 Å². The number of para-hydroxylation sites is 1. The Morgan fingerprint density at radius 3 is 2.57 bits per heavy atom. The molecular formula is C24H26N8O3. The Morgan fingerprint density at radius 2 is 1.91 bits per heavy atom. The fourth-order valence-electron chi connectivity index (χ4n) is 3.72. The Labute approximate surface area is 201 Å². The molecule has 0 saturated heterocycles. The second-order valence-corrected chi connectivity index (χ2v) is 8.05. The molecule has 2 aromatic heterocycles. The number of aromatic amines is 1. The third-order valence-electron chi connectivity index (χ3n) is 5.66. The van der Waals surface area contributed by atoms with E-state index in [1.165, 1.54) is 4.90 Å². The van der Waals surface area contributed by atoms with Crippen LogP contribution < -0.4 is 10.6 Å². The van der Waals surface area contributed by atoms with Crippen LogP contribution in [0.25, 0.3) is 0 Å². The Bertz CT molecular complexity index is 1300. The minimum absolute atomic E-state index is 0.118. The second-order valence-electron chi connectivity index (χ2n) is 8.05. The van der Waals surface area contributed by atoms with Gasteiger partial charge in [-0.1, -0.05) is 48.8 Å². The second kappa shape index (κ2) is 10.6. The number of benzene rings is 2. The zero-order valence-corrected chi connectivity index (χ0v) is 19.3. The van der Waals surface area contributed by atoms with E-state index >= 15 is 0 Å². The lowest BCUT2D eigenvalue weighted by Gasteiger charge is -2.21. The Morgan fingerprint density at radius 1 is 1.14 bits per heavy atom. The number of nitrogen functional groups attached to an aromatic ring is 1. The molecule has 0 aliphatic rings. The molecule has 11 heteroatoms. The smallest absolute Gasteiger partial charge is 0.335 e. The van der Waals surface area contributed by atoms with Crippen molar-refractivity contribution in [2.45, 2.75) is 39.3 Å². The Balaban J connectivity index is 1.70. The first-order chi connectivity index (χ1) is 17.0. The van der Waals surface area contributed by atoms with Crippen molar-refractivity contribution in [2.24, 2.45) is 0 Å². The minimum Gasteiger partial charge on any atom is -0.478 e. The largest absolute Gasteiger partial charge is 0.478 e. The van der Waals surface area contributed by atoms with Gasteiger partial charge >= 0.3 is 5.97 Å². The highest BCUT2D eigenvalue weighted by Gasteiger charge is 2.27. The zero-order valence-electron chi connectivity index (χ0n) is 19.3. The van der Waals surface area contributed by atoms with Crippen LogP contribution in [0.5, 0.6) is 0 Å². The third-order valence-corrected chi connectivity index (χ3v) is 5.66. The SMILES string of the molecule is CCCCc1ncc(C(=O)N(Cc2ccccc2N)c2nn[nH]n2)n1Cc1ccc(C(=O)O)cc1. The number of nitrogens with one attached hydrogen (secondary N) is 1. The van der Waals surface area contributed by atoms with Crippen LogP contribution in [0.4, 0.5) is 11.6 Å². The van der Waals surface area contributed by atoms with Gasteiger partial charge < -0.3 is 15.4 Å². The normalized spacial score (nSPS) is 10.9. The van der Waals surface area contributed by atoms with Crippen LogP contribution in [-0.4, -0.2) is 47.2 Å². The Kier molecular flexibility index (Phi) is 7.15. The van der Waals surface area contributed by atoms with E-state index in [0.29, 0.717) is 24.3 Å². The summed E-state index contributed by atoms with van der Waals surface area (Å²) in [5.41, 5.74) is 8.82. The van der Waals surface area contributed by atoms with E-state index in [1.54, 1.807) is 36.5 Å². The van der Waals surface area contributed by atoms with Crippen molar-refractivity contribution in [3.8, 4) is 0 Å². The van der Waals surface area contributed by atoms with E-state index in [0.717, 1.165) is 29.8 Å². The van der Waals surface area contributed by atoms with E-state index in [2.05, 4.69) is 32.5 Å². The molecule has 11 nitrogen and oxygen atoms in total. The van der Waals surface area contributed by atoms with Gasteiger partial charge in [-0.15, -0.1) is 5.10 Å². The van der Waals surface area contributed by atoms with Crippen LogP contribution >= 0.6 is 0 Å². The first-order valence-corrected chi connectivity index (χ1v) is 11.2. The molecule has 2 aromatic carbocycles. The van der Waals surface area contributed by atoms with Gasteiger partial charge in [0.15, 0.2) is 0 Å². The van der Waals surface area contributed by atoms with Crippen LogP contribution in [0.3, 0.4) is 0 Å². The van der Waals surface area contributed by atoms with Crippen LogP contribution in [0.15, 0.2) is 54.7 Å². The number of aryl methyl sites for hydroxylation is 1. The number of carbonyl (C=O) groups excluding carboxylic acids is 1. The minimum atomic E-state index is -0.991. The predicted molar refractivity (Wildman–Crippen MR) is 129 cm³/mol. The molecule has 0 saturated carbocycles. The fraction of sp³-hybridized carbons (Fsp3) is 0.250. The molecule has 35 heavy (non-hydrogen) atoms. The van der Waals surface area contributed by atoms with Gasteiger partial charge in [-0.3, -0.25) is 9.69 Å². The van der Waals surface area contributed by atoms with Gasteiger partial charge in [-0.2, -0.15) is 5.21 Å². The topological polar surface area (TPSA) is 156 Å². The highest BCUT2D eigenvalue weighted by Crippen LogP contribution is 2.21. The first kappa shape index (κ1) is 23.6. The van der Waals surface area contributed by atoms with E-state index in [9.17, 15) is 14.7 Å². The van der Waals surface area contributed by atoms with Crippen molar-refractivity contribution in [1.82, 2.24) is 30.2 Å².